The zero-order chi connectivity index (χ0) is 15.6. The van der Waals surface area contributed by atoms with Crippen molar-refractivity contribution in [3.63, 3.8) is 0 Å². The molecule has 1 aliphatic rings. The van der Waals surface area contributed by atoms with Gasteiger partial charge < -0.3 is 9.64 Å². The van der Waals surface area contributed by atoms with Crippen LogP contribution in [0.4, 0.5) is 15.8 Å². The second-order valence-electron chi connectivity index (χ2n) is 4.83. The number of hydrogen-bond acceptors (Lipinski definition) is 5. The van der Waals surface area contributed by atoms with Crippen molar-refractivity contribution in [3.05, 3.63) is 45.3 Å². The molecule has 112 valence electrons. The average molecular weight is 294 g/mol. The highest BCUT2D eigenvalue weighted by atomic mass is 19.1. The normalized spacial score (nSPS) is 14.6. The van der Waals surface area contributed by atoms with Crippen LogP contribution in [-0.2, 0) is 4.74 Å². The molecule has 7 heteroatoms. The SMILES string of the molecule is COC(=O)c1cc(N2CCC=C(C)C2)c([N+](=O)[O-])cc1F. The lowest BCUT2D eigenvalue weighted by atomic mass is 10.1. The zero-order valence-corrected chi connectivity index (χ0v) is 11.8. The van der Waals surface area contributed by atoms with E-state index in [-0.39, 0.29) is 16.9 Å². The minimum Gasteiger partial charge on any atom is -0.465 e. The summed E-state index contributed by atoms with van der Waals surface area (Å²) in [5.41, 5.74) is 0.647. The molecule has 1 heterocycles. The predicted molar refractivity (Wildman–Crippen MR) is 75.0 cm³/mol. The largest absolute Gasteiger partial charge is 0.465 e. The number of benzene rings is 1. The molecule has 0 unspecified atom stereocenters. The van der Waals surface area contributed by atoms with E-state index >= 15 is 0 Å². The molecule has 0 radical (unpaired) electrons. The second kappa shape index (κ2) is 5.90. The van der Waals surface area contributed by atoms with Gasteiger partial charge >= 0.3 is 5.97 Å². The summed E-state index contributed by atoms with van der Waals surface area (Å²) < 4.78 is 18.3. The highest BCUT2D eigenvalue weighted by Crippen LogP contribution is 2.33. The standard InChI is InChI=1S/C14H15FN2O4/c1-9-4-3-5-16(8-9)12-6-10(14(18)21-2)11(15)7-13(12)17(19)20/h4,6-7H,3,5,8H2,1-2H3. The summed E-state index contributed by atoms with van der Waals surface area (Å²) in [5, 5.41) is 11.1. The third-order valence-electron chi connectivity index (χ3n) is 3.34. The maximum Gasteiger partial charge on any atom is 0.340 e. The fourth-order valence-electron chi connectivity index (χ4n) is 2.33. The molecule has 2 rings (SSSR count). The van der Waals surface area contributed by atoms with Crippen molar-refractivity contribution >= 4 is 17.3 Å². The van der Waals surface area contributed by atoms with Crippen molar-refractivity contribution in [2.24, 2.45) is 0 Å². The van der Waals surface area contributed by atoms with Crippen molar-refractivity contribution in [3.8, 4) is 0 Å². The molecule has 6 nitrogen and oxygen atoms in total. The molecule has 0 aliphatic carbocycles. The Hall–Kier alpha value is -2.44. The number of nitro groups is 1. The Morgan fingerprint density at radius 3 is 2.76 bits per heavy atom. The third-order valence-corrected chi connectivity index (χ3v) is 3.34. The van der Waals surface area contributed by atoms with Crippen LogP contribution in [-0.4, -0.2) is 31.1 Å². The van der Waals surface area contributed by atoms with Gasteiger partial charge in [-0.2, -0.15) is 0 Å². The Balaban J connectivity index is 2.53. The van der Waals surface area contributed by atoms with Gasteiger partial charge in [-0.25, -0.2) is 9.18 Å². The van der Waals surface area contributed by atoms with E-state index < -0.39 is 16.7 Å². The quantitative estimate of drug-likeness (QED) is 0.371. The number of esters is 1. The zero-order valence-electron chi connectivity index (χ0n) is 11.8. The molecule has 0 bridgehead atoms. The van der Waals surface area contributed by atoms with E-state index in [0.29, 0.717) is 13.1 Å². The molecule has 0 spiro atoms. The smallest absolute Gasteiger partial charge is 0.340 e. The van der Waals surface area contributed by atoms with Crippen molar-refractivity contribution in [2.45, 2.75) is 13.3 Å². The number of methoxy groups -OCH3 is 1. The average Bonchev–Trinajstić information content (AvgIpc) is 2.46. The number of anilines is 1. The molecule has 1 aromatic carbocycles. The molecule has 1 aromatic rings. The summed E-state index contributed by atoms with van der Waals surface area (Å²) in [7, 11) is 1.14. The number of carbonyl (C=O) groups is 1. The van der Waals surface area contributed by atoms with Crippen LogP contribution < -0.4 is 4.90 Å². The first kappa shape index (κ1) is 15.0. The van der Waals surface area contributed by atoms with Gasteiger partial charge in [0.15, 0.2) is 0 Å². The molecule has 0 N–H and O–H groups in total. The third kappa shape index (κ3) is 3.01. The van der Waals surface area contributed by atoms with Gasteiger partial charge in [0.05, 0.1) is 23.7 Å². The maximum absolute atomic E-state index is 13.8. The van der Waals surface area contributed by atoms with E-state index in [1.54, 1.807) is 4.90 Å². The van der Waals surface area contributed by atoms with Gasteiger partial charge in [0.2, 0.25) is 0 Å². The maximum atomic E-state index is 13.8. The fraction of sp³-hybridized carbons (Fsp3) is 0.357. The van der Waals surface area contributed by atoms with Gasteiger partial charge in [-0.05, 0) is 19.4 Å². The summed E-state index contributed by atoms with van der Waals surface area (Å²) in [6.45, 7) is 3.00. The highest BCUT2D eigenvalue weighted by Gasteiger charge is 2.26. The van der Waals surface area contributed by atoms with Crippen molar-refractivity contribution in [1.82, 2.24) is 0 Å². The molecule has 0 atom stereocenters. The van der Waals surface area contributed by atoms with Crippen LogP contribution in [0.1, 0.15) is 23.7 Å². The molecule has 0 amide bonds. The first-order chi connectivity index (χ1) is 9.93. The topological polar surface area (TPSA) is 72.7 Å². The molecular formula is C14H15FN2O4. The molecular weight excluding hydrogens is 279 g/mol. The number of ether oxygens (including phenoxy) is 1. The lowest BCUT2D eigenvalue weighted by Gasteiger charge is -2.28. The summed E-state index contributed by atoms with van der Waals surface area (Å²) in [6, 6.07) is 1.97. The number of halogens is 1. The van der Waals surface area contributed by atoms with E-state index in [0.717, 1.165) is 25.2 Å². The predicted octanol–water partition coefficient (Wildman–Crippen LogP) is 2.68. The van der Waals surface area contributed by atoms with Crippen LogP contribution in [0.15, 0.2) is 23.8 Å². The Bertz CT molecular complexity index is 628. The van der Waals surface area contributed by atoms with Gasteiger partial charge in [0, 0.05) is 13.1 Å². The summed E-state index contributed by atoms with van der Waals surface area (Å²) >= 11 is 0. The molecule has 0 saturated heterocycles. The fourth-order valence-corrected chi connectivity index (χ4v) is 2.33. The lowest BCUT2D eigenvalue weighted by Crippen LogP contribution is -2.30. The van der Waals surface area contributed by atoms with Gasteiger partial charge in [-0.15, -0.1) is 0 Å². The number of hydrogen-bond donors (Lipinski definition) is 0. The highest BCUT2D eigenvalue weighted by molar-refractivity contribution is 5.92. The number of nitrogens with zero attached hydrogens (tertiary/aromatic N) is 2. The summed E-state index contributed by atoms with van der Waals surface area (Å²) in [5.74, 6) is -1.81. The second-order valence-corrected chi connectivity index (χ2v) is 4.83. The molecule has 0 saturated carbocycles. The number of carbonyl (C=O) groups excluding carboxylic acids is 1. The van der Waals surface area contributed by atoms with E-state index in [4.69, 9.17) is 0 Å². The molecule has 21 heavy (non-hydrogen) atoms. The van der Waals surface area contributed by atoms with E-state index in [2.05, 4.69) is 4.74 Å². The molecule has 1 aliphatic heterocycles. The van der Waals surface area contributed by atoms with Gasteiger partial charge in [0.1, 0.15) is 11.5 Å². The van der Waals surface area contributed by atoms with Crippen molar-refractivity contribution in [2.75, 3.05) is 25.1 Å². The Morgan fingerprint density at radius 2 is 2.19 bits per heavy atom. The van der Waals surface area contributed by atoms with Gasteiger partial charge in [-0.3, -0.25) is 10.1 Å². The Labute approximate surface area is 121 Å². The van der Waals surface area contributed by atoms with Crippen LogP contribution in [0.3, 0.4) is 0 Å². The molecule has 0 aromatic heterocycles. The first-order valence-electron chi connectivity index (χ1n) is 6.41. The number of nitro benzene ring substituents is 1. The minimum atomic E-state index is -0.957. The Kier molecular flexibility index (Phi) is 4.21. The number of rotatable bonds is 3. The Morgan fingerprint density at radius 1 is 1.48 bits per heavy atom. The van der Waals surface area contributed by atoms with Crippen LogP contribution in [0, 0.1) is 15.9 Å². The summed E-state index contributed by atoms with van der Waals surface area (Å²) in [4.78, 5) is 23.8. The summed E-state index contributed by atoms with van der Waals surface area (Å²) in [6.07, 6.45) is 2.79. The van der Waals surface area contributed by atoms with Crippen LogP contribution in [0.25, 0.3) is 0 Å². The van der Waals surface area contributed by atoms with Crippen LogP contribution >= 0.6 is 0 Å². The van der Waals surface area contributed by atoms with E-state index in [9.17, 15) is 19.3 Å². The molecule has 0 fully saturated rings. The van der Waals surface area contributed by atoms with E-state index in [1.165, 1.54) is 6.07 Å². The van der Waals surface area contributed by atoms with E-state index in [1.807, 2.05) is 13.0 Å². The minimum absolute atomic E-state index is 0.231. The lowest BCUT2D eigenvalue weighted by molar-refractivity contribution is -0.384. The monoisotopic (exact) mass is 294 g/mol. The van der Waals surface area contributed by atoms with Gasteiger partial charge in [-0.1, -0.05) is 11.6 Å². The first-order valence-corrected chi connectivity index (χ1v) is 6.41. The van der Waals surface area contributed by atoms with Crippen molar-refractivity contribution in [1.29, 1.82) is 0 Å². The van der Waals surface area contributed by atoms with Crippen molar-refractivity contribution < 1.29 is 18.8 Å². The van der Waals surface area contributed by atoms with Crippen LogP contribution in [0.2, 0.25) is 0 Å². The van der Waals surface area contributed by atoms with Crippen LogP contribution in [0.5, 0.6) is 0 Å². The van der Waals surface area contributed by atoms with Gasteiger partial charge in [0.25, 0.3) is 5.69 Å².